The van der Waals surface area contributed by atoms with Gasteiger partial charge in [0.1, 0.15) is 47.3 Å². The SMILES string of the molecule is CC(C)O.CCCC(NC(=O)[C@@H]1C[C@@H](Oc2cc(-c3ccccc3)nc3cc(OC)ccc23)CN1C(=O)[C@@H](NC(=O)OC1CCCC1)C(C)(C)C)P(=O)(O)Oc1ccccc1. The molecule has 1 saturated carbocycles. The Hall–Kier alpha value is -5.17. The van der Waals surface area contributed by atoms with Gasteiger partial charge in [-0.1, -0.05) is 82.6 Å². The number of alkyl carbamates (subject to hydrolysis) is 1. The van der Waals surface area contributed by atoms with Crippen LogP contribution in [-0.2, 0) is 18.9 Å². The zero-order valence-corrected chi connectivity index (χ0v) is 37.1. The first kappa shape index (κ1) is 46.9. The van der Waals surface area contributed by atoms with E-state index in [0.717, 1.165) is 31.2 Å². The molecule has 3 aromatic carbocycles. The van der Waals surface area contributed by atoms with Crippen molar-refractivity contribution in [3.05, 3.63) is 84.9 Å². The maximum Gasteiger partial charge on any atom is 0.408 e. The smallest absolute Gasteiger partial charge is 0.408 e. The lowest BCUT2D eigenvalue weighted by Crippen LogP contribution is -2.58. The standard InChI is InChI=1S/C43H53N4O9P.C3H8O/c1-6-15-38(57(51,52)56-30-20-11-8-12-21-30)45-40(48)36-25-32(27-47(36)41(49)39(43(2,3)4)46-42(50)55-29-18-13-14-19-29)54-37-26-34(28-16-9-7-10-17-28)44-35-24-31(53-5)22-23-33(35)37;1-3(2)4/h7-12,16-17,20-24,26,29,32,36,38-39H,6,13-15,18-19,25,27H2,1-5H3,(H,45,48)(H,46,50)(H,51,52);3-4H,1-2H3/t32-,36+,38?,39-;/m1./s1. The average Bonchev–Trinajstić information content (AvgIpc) is 3.89. The highest BCUT2D eigenvalue weighted by molar-refractivity contribution is 7.54. The van der Waals surface area contributed by atoms with E-state index in [4.69, 9.17) is 28.8 Å². The van der Waals surface area contributed by atoms with Crippen LogP contribution in [0.5, 0.6) is 17.2 Å². The lowest BCUT2D eigenvalue weighted by atomic mass is 9.85. The quantitative estimate of drug-likeness (QED) is 0.0896. The Morgan fingerprint density at radius 2 is 1.56 bits per heavy atom. The normalized spacial score (nSPS) is 18.6. The number of hydrogen-bond acceptors (Lipinski definition) is 10. The van der Waals surface area contributed by atoms with Crippen molar-refractivity contribution in [2.24, 2.45) is 5.41 Å². The molecule has 330 valence electrons. The summed E-state index contributed by atoms with van der Waals surface area (Å²) < 4.78 is 37.2. The predicted octanol–water partition coefficient (Wildman–Crippen LogP) is 8.24. The summed E-state index contributed by atoms with van der Waals surface area (Å²) in [5.41, 5.74) is 1.36. The number of amides is 3. The van der Waals surface area contributed by atoms with E-state index < -0.39 is 54.9 Å². The molecule has 6 rings (SSSR count). The lowest BCUT2D eigenvalue weighted by Gasteiger charge is -2.35. The number of nitrogens with zero attached hydrogens (tertiary/aromatic N) is 2. The van der Waals surface area contributed by atoms with Gasteiger partial charge in [-0.05, 0) is 75.6 Å². The Balaban J connectivity index is 0.00000168. The molecular formula is C46H61N4O10P. The maximum absolute atomic E-state index is 14.7. The number of hydrogen-bond donors (Lipinski definition) is 4. The Labute approximate surface area is 358 Å². The van der Waals surface area contributed by atoms with Crippen LogP contribution in [0.15, 0.2) is 84.9 Å². The zero-order chi connectivity index (χ0) is 44.3. The second-order valence-corrected chi connectivity index (χ2v) is 18.8. The van der Waals surface area contributed by atoms with E-state index in [1.165, 1.54) is 4.90 Å². The van der Waals surface area contributed by atoms with Crippen molar-refractivity contribution >= 4 is 36.4 Å². The van der Waals surface area contributed by atoms with Crippen LogP contribution in [0.3, 0.4) is 0 Å². The van der Waals surface area contributed by atoms with E-state index in [-0.39, 0.29) is 37.3 Å². The van der Waals surface area contributed by atoms with E-state index in [9.17, 15) is 23.8 Å². The first-order valence-corrected chi connectivity index (χ1v) is 22.7. The predicted molar refractivity (Wildman–Crippen MR) is 234 cm³/mol. The number of carbonyl (C=O) groups excluding carboxylic acids is 3. The molecule has 5 atom stereocenters. The minimum Gasteiger partial charge on any atom is -0.497 e. The summed E-state index contributed by atoms with van der Waals surface area (Å²) in [7, 11) is -2.87. The van der Waals surface area contributed by atoms with Gasteiger partial charge in [0.2, 0.25) is 11.8 Å². The van der Waals surface area contributed by atoms with Crippen LogP contribution in [0.4, 0.5) is 4.79 Å². The van der Waals surface area contributed by atoms with Gasteiger partial charge >= 0.3 is 13.7 Å². The van der Waals surface area contributed by atoms with Crippen LogP contribution in [-0.4, -0.2) is 87.6 Å². The molecular weight excluding hydrogens is 799 g/mol. The molecule has 4 aromatic rings. The van der Waals surface area contributed by atoms with E-state index in [1.807, 2.05) is 82.3 Å². The number of nitrogens with one attached hydrogen (secondary N) is 2. The van der Waals surface area contributed by atoms with Gasteiger partial charge < -0.3 is 44.3 Å². The number of methoxy groups -OCH3 is 1. The van der Waals surface area contributed by atoms with E-state index in [2.05, 4.69) is 10.6 Å². The Morgan fingerprint density at radius 1 is 0.918 bits per heavy atom. The van der Waals surface area contributed by atoms with E-state index in [1.54, 1.807) is 51.3 Å². The number of fused-ring (bicyclic) bond motifs is 1. The summed E-state index contributed by atoms with van der Waals surface area (Å²) >= 11 is 0. The molecule has 15 heteroatoms. The summed E-state index contributed by atoms with van der Waals surface area (Å²) in [6.45, 7) is 10.7. The van der Waals surface area contributed by atoms with Gasteiger partial charge in [-0.15, -0.1) is 0 Å². The molecule has 1 saturated heterocycles. The number of carbonyl (C=O) groups is 3. The fourth-order valence-electron chi connectivity index (χ4n) is 7.38. The van der Waals surface area contributed by atoms with Crippen molar-refractivity contribution in [2.45, 2.75) is 123 Å². The molecule has 3 amide bonds. The molecule has 0 bridgehead atoms. The highest BCUT2D eigenvalue weighted by Crippen LogP contribution is 2.48. The number of aliphatic hydroxyl groups excluding tert-OH is 1. The van der Waals surface area contributed by atoms with Crippen molar-refractivity contribution < 1.29 is 47.7 Å². The molecule has 14 nitrogen and oxygen atoms in total. The fourth-order valence-corrected chi connectivity index (χ4v) is 8.81. The molecule has 1 aliphatic heterocycles. The third kappa shape index (κ3) is 12.9. The second-order valence-electron chi connectivity index (χ2n) is 16.9. The number of rotatable bonds is 14. The number of pyridine rings is 1. The molecule has 61 heavy (non-hydrogen) atoms. The highest BCUT2D eigenvalue weighted by Gasteiger charge is 2.47. The molecule has 1 aromatic heterocycles. The largest absolute Gasteiger partial charge is 0.497 e. The molecule has 4 N–H and O–H groups in total. The van der Waals surface area contributed by atoms with Crippen LogP contribution in [0.2, 0.25) is 0 Å². The van der Waals surface area contributed by atoms with Crippen LogP contribution >= 0.6 is 7.60 Å². The number of ether oxygens (including phenoxy) is 3. The average molecular weight is 861 g/mol. The van der Waals surface area contributed by atoms with Crippen molar-refractivity contribution in [3.63, 3.8) is 0 Å². The minimum absolute atomic E-state index is 0.0146. The zero-order valence-electron chi connectivity index (χ0n) is 36.2. The summed E-state index contributed by atoms with van der Waals surface area (Å²) in [6, 6.07) is 23.0. The van der Waals surface area contributed by atoms with Crippen molar-refractivity contribution in [3.8, 4) is 28.5 Å². The van der Waals surface area contributed by atoms with Gasteiger partial charge in [0.25, 0.3) is 0 Å². The van der Waals surface area contributed by atoms with Gasteiger partial charge in [-0.25, -0.2) is 14.3 Å². The van der Waals surface area contributed by atoms with Crippen LogP contribution < -0.4 is 24.6 Å². The summed E-state index contributed by atoms with van der Waals surface area (Å²) in [6.07, 6.45) is 2.34. The fraction of sp³-hybridized carbons (Fsp3) is 0.478. The number of likely N-dealkylation sites (tertiary alicyclic amines) is 1. The summed E-state index contributed by atoms with van der Waals surface area (Å²) in [4.78, 5) is 59.8. The number of aromatic nitrogens is 1. The molecule has 0 radical (unpaired) electrons. The van der Waals surface area contributed by atoms with Crippen LogP contribution in [0.25, 0.3) is 22.2 Å². The maximum atomic E-state index is 14.7. The minimum atomic E-state index is -4.45. The molecule has 2 heterocycles. The third-order valence-electron chi connectivity index (χ3n) is 10.4. The lowest BCUT2D eigenvalue weighted by molar-refractivity contribution is -0.142. The van der Waals surface area contributed by atoms with Crippen molar-refractivity contribution in [1.29, 1.82) is 0 Å². The molecule has 2 unspecified atom stereocenters. The first-order valence-electron chi connectivity index (χ1n) is 21.0. The summed E-state index contributed by atoms with van der Waals surface area (Å²) in [5.74, 6) is -1.12. The van der Waals surface area contributed by atoms with Gasteiger partial charge in [0.05, 0.1) is 24.9 Å². The van der Waals surface area contributed by atoms with Crippen LogP contribution in [0, 0.1) is 5.41 Å². The number of para-hydroxylation sites is 1. The van der Waals surface area contributed by atoms with Crippen molar-refractivity contribution in [2.75, 3.05) is 13.7 Å². The second kappa shape index (κ2) is 21.1. The molecule has 2 fully saturated rings. The van der Waals surface area contributed by atoms with E-state index in [0.29, 0.717) is 34.5 Å². The highest BCUT2D eigenvalue weighted by atomic mass is 31.2. The Bertz CT molecular complexity index is 2120. The van der Waals surface area contributed by atoms with Gasteiger partial charge in [-0.3, -0.25) is 9.59 Å². The van der Waals surface area contributed by atoms with Gasteiger partial charge in [0.15, 0.2) is 0 Å². The Kier molecular flexibility index (Phi) is 16.2. The first-order chi connectivity index (χ1) is 29.0. The number of benzene rings is 3. The summed E-state index contributed by atoms with van der Waals surface area (Å²) in [5, 5.41) is 14.3. The molecule has 2 aliphatic rings. The third-order valence-corrected chi connectivity index (χ3v) is 12.0. The van der Waals surface area contributed by atoms with Gasteiger partial charge in [0, 0.05) is 35.6 Å². The van der Waals surface area contributed by atoms with Crippen molar-refractivity contribution in [1.82, 2.24) is 20.5 Å². The topological polar surface area (TPSA) is 186 Å². The Morgan fingerprint density at radius 3 is 2.16 bits per heavy atom. The molecule has 1 aliphatic carbocycles. The van der Waals surface area contributed by atoms with E-state index >= 15 is 0 Å². The van der Waals surface area contributed by atoms with Gasteiger partial charge in [-0.2, -0.15) is 0 Å². The van der Waals surface area contributed by atoms with Crippen LogP contribution in [0.1, 0.15) is 86.5 Å². The monoisotopic (exact) mass is 860 g/mol. The molecule has 0 spiro atoms. The number of aliphatic hydroxyl groups is 1.